The molecule has 0 amide bonds. The first kappa shape index (κ1) is 22.4. The smallest absolute Gasteiger partial charge is 0.194 e. The molecule has 2 aromatic carbocycles. The van der Waals surface area contributed by atoms with Crippen LogP contribution in [0.4, 0.5) is 13.2 Å². The lowest BCUT2D eigenvalue weighted by Gasteiger charge is -2.42. The topological polar surface area (TPSA) is 0 Å². The van der Waals surface area contributed by atoms with E-state index in [0.29, 0.717) is 11.5 Å². The maximum absolute atomic E-state index is 13.6. The summed E-state index contributed by atoms with van der Waals surface area (Å²) in [5, 5.41) is 0. The number of fused-ring (bicyclic) bond motifs is 1. The molecule has 0 aromatic heterocycles. The highest BCUT2D eigenvalue weighted by Crippen LogP contribution is 2.48. The van der Waals surface area contributed by atoms with Gasteiger partial charge in [-0.25, -0.2) is 13.2 Å². The molecule has 3 heteroatoms. The lowest BCUT2D eigenvalue weighted by atomic mass is 9.63. The van der Waals surface area contributed by atoms with Crippen LogP contribution in [0.1, 0.15) is 89.0 Å². The van der Waals surface area contributed by atoms with Crippen LogP contribution in [0, 0.1) is 35.2 Å². The third-order valence-corrected chi connectivity index (χ3v) is 7.89. The van der Waals surface area contributed by atoms with Gasteiger partial charge in [0.2, 0.25) is 0 Å². The minimum absolute atomic E-state index is 0.379. The van der Waals surface area contributed by atoms with Gasteiger partial charge in [0.25, 0.3) is 0 Å². The van der Waals surface area contributed by atoms with E-state index in [1.807, 2.05) is 12.1 Å². The maximum Gasteiger partial charge on any atom is 0.194 e. The monoisotopic (exact) mass is 428 g/mol. The number of unbranched alkanes of at least 4 members (excludes halogenated alkanes) is 3. The van der Waals surface area contributed by atoms with Crippen LogP contribution >= 0.6 is 0 Å². The van der Waals surface area contributed by atoms with Gasteiger partial charge in [0.05, 0.1) is 0 Å². The zero-order valence-corrected chi connectivity index (χ0v) is 18.7. The predicted molar refractivity (Wildman–Crippen MR) is 121 cm³/mol. The van der Waals surface area contributed by atoms with E-state index in [4.69, 9.17) is 0 Å². The summed E-state index contributed by atoms with van der Waals surface area (Å²) in [7, 11) is 0. The molecular formula is C28H35F3. The molecule has 4 unspecified atom stereocenters. The molecule has 2 aliphatic carbocycles. The van der Waals surface area contributed by atoms with Gasteiger partial charge >= 0.3 is 0 Å². The molecule has 2 aromatic rings. The van der Waals surface area contributed by atoms with Crippen molar-refractivity contribution in [1.29, 1.82) is 0 Å². The van der Waals surface area contributed by atoms with E-state index in [9.17, 15) is 13.2 Å². The Morgan fingerprint density at radius 2 is 1.42 bits per heavy atom. The molecule has 0 spiro atoms. The molecule has 168 valence electrons. The Labute approximate surface area is 185 Å². The molecule has 2 aliphatic rings. The fourth-order valence-corrected chi connectivity index (χ4v) is 6.08. The second kappa shape index (κ2) is 10.2. The Morgan fingerprint density at radius 3 is 2.13 bits per heavy atom. The summed E-state index contributed by atoms with van der Waals surface area (Å²) >= 11 is 0. The minimum atomic E-state index is -1.41. The molecule has 2 saturated carbocycles. The van der Waals surface area contributed by atoms with E-state index < -0.39 is 17.5 Å². The lowest BCUT2D eigenvalue weighted by molar-refractivity contribution is 0.113. The van der Waals surface area contributed by atoms with E-state index in [0.717, 1.165) is 35.4 Å². The van der Waals surface area contributed by atoms with Gasteiger partial charge in [-0.1, -0.05) is 69.7 Å². The predicted octanol–water partition coefficient (Wildman–Crippen LogP) is 9.04. The number of halogens is 3. The quantitative estimate of drug-likeness (QED) is 0.305. The third-order valence-electron chi connectivity index (χ3n) is 7.89. The van der Waals surface area contributed by atoms with Crippen LogP contribution in [0.2, 0.25) is 0 Å². The van der Waals surface area contributed by atoms with Gasteiger partial charge in [-0.15, -0.1) is 0 Å². The van der Waals surface area contributed by atoms with Gasteiger partial charge in [0.15, 0.2) is 17.5 Å². The van der Waals surface area contributed by atoms with E-state index in [1.54, 1.807) is 0 Å². The van der Waals surface area contributed by atoms with Crippen molar-refractivity contribution < 1.29 is 13.2 Å². The van der Waals surface area contributed by atoms with Crippen LogP contribution < -0.4 is 0 Å². The highest BCUT2D eigenvalue weighted by Gasteiger charge is 2.35. The second-order valence-electron chi connectivity index (χ2n) is 9.93. The second-order valence-corrected chi connectivity index (χ2v) is 9.93. The third kappa shape index (κ3) is 5.35. The SMILES string of the molecule is CCCCCCC1CCC2CC(c3ccc(-c4cc(F)c(F)c(F)c4)cc3)CCC2C1. The lowest BCUT2D eigenvalue weighted by Crippen LogP contribution is -2.30. The Hall–Kier alpha value is -1.77. The highest BCUT2D eigenvalue weighted by atomic mass is 19.2. The average Bonchev–Trinajstić information content (AvgIpc) is 2.79. The first-order valence-electron chi connectivity index (χ1n) is 12.3. The molecule has 0 N–H and O–H groups in total. The number of rotatable bonds is 7. The van der Waals surface area contributed by atoms with Gasteiger partial charge in [0.1, 0.15) is 0 Å². The average molecular weight is 429 g/mol. The molecule has 0 nitrogen and oxygen atoms in total. The Kier molecular flexibility index (Phi) is 7.40. The summed E-state index contributed by atoms with van der Waals surface area (Å²) in [4.78, 5) is 0. The zero-order chi connectivity index (χ0) is 21.8. The normalized spacial score (nSPS) is 25.9. The standard InChI is InChI=1S/C28H35F3/c1-2-3-4-5-6-19-7-8-24-16-23(14-13-22(24)15-19)20-9-11-21(12-10-20)25-17-26(29)28(31)27(30)18-25/h9-12,17-19,22-24H,2-8,13-16H2,1H3. The van der Waals surface area contributed by atoms with Crippen molar-refractivity contribution in [3.8, 4) is 11.1 Å². The Balaban J connectivity index is 1.34. The van der Waals surface area contributed by atoms with Gasteiger partial charge in [-0.2, -0.15) is 0 Å². The van der Waals surface area contributed by atoms with Crippen LogP contribution in [0.15, 0.2) is 36.4 Å². The first-order chi connectivity index (χ1) is 15.0. The van der Waals surface area contributed by atoms with Crippen molar-refractivity contribution in [3.63, 3.8) is 0 Å². The maximum atomic E-state index is 13.6. The van der Waals surface area contributed by atoms with Crippen LogP contribution in [-0.4, -0.2) is 0 Å². The van der Waals surface area contributed by atoms with Gasteiger partial charge in [0, 0.05) is 0 Å². The van der Waals surface area contributed by atoms with Crippen molar-refractivity contribution in [3.05, 3.63) is 59.4 Å². The Morgan fingerprint density at radius 1 is 0.742 bits per heavy atom. The molecule has 0 bridgehead atoms. The molecule has 4 rings (SSSR count). The largest absolute Gasteiger partial charge is 0.204 e. The van der Waals surface area contributed by atoms with Crippen LogP contribution in [0.5, 0.6) is 0 Å². The molecule has 0 saturated heterocycles. The number of benzene rings is 2. The first-order valence-corrected chi connectivity index (χ1v) is 12.3. The number of hydrogen-bond acceptors (Lipinski definition) is 0. The van der Waals surface area contributed by atoms with E-state index >= 15 is 0 Å². The highest BCUT2D eigenvalue weighted by molar-refractivity contribution is 5.64. The molecule has 31 heavy (non-hydrogen) atoms. The van der Waals surface area contributed by atoms with Gasteiger partial charge in [-0.3, -0.25) is 0 Å². The summed E-state index contributed by atoms with van der Waals surface area (Å²) < 4.78 is 40.4. The molecule has 0 radical (unpaired) electrons. The van der Waals surface area contributed by atoms with Crippen molar-refractivity contribution in [2.24, 2.45) is 17.8 Å². The van der Waals surface area contributed by atoms with E-state index in [-0.39, 0.29) is 0 Å². The van der Waals surface area contributed by atoms with Crippen molar-refractivity contribution >= 4 is 0 Å². The van der Waals surface area contributed by atoms with E-state index in [2.05, 4.69) is 19.1 Å². The molecule has 2 fully saturated rings. The zero-order valence-electron chi connectivity index (χ0n) is 18.7. The molecular weight excluding hydrogens is 393 g/mol. The molecule has 4 atom stereocenters. The summed E-state index contributed by atoms with van der Waals surface area (Å²) in [6.07, 6.45) is 15.0. The summed E-state index contributed by atoms with van der Waals surface area (Å²) in [5.41, 5.74) is 2.43. The minimum Gasteiger partial charge on any atom is -0.204 e. The van der Waals surface area contributed by atoms with Gasteiger partial charge < -0.3 is 0 Å². The van der Waals surface area contributed by atoms with Crippen LogP contribution in [0.25, 0.3) is 11.1 Å². The van der Waals surface area contributed by atoms with Crippen molar-refractivity contribution in [2.45, 2.75) is 83.5 Å². The van der Waals surface area contributed by atoms with Crippen molar-refractivity contribution in [2.75, 3.05) is 0 Å². The number of hydrogen-bond donors (Lipinski definition) is 0. The van der Waals surface area contributed by atoms with Crippen molar-refractivity contribution in [1.82, 2.24) is 0 Å². The fourth-order valence-electron chi connectivity index (χ4n) is 6.08. The summed E-state index contributed by atoms with van der Waals surface area (Å²) in [5.74, 6) is -0.399. The summed E-state index contributed by atoms with van der Waals surface area (Å²) in [6, 6.07) is 10.2. The fraction of sp³-hybridized carbons (Fsp3) is 0.571. The molecule has 0 heterocycles. The van der Waals surface area contributed by atoms with E-state index in [1.165, 1.54) is 76.2 Å². The Bertz CT molecular complexity index is 834. The van der Waals surface area contributed by atoms with Crippen LogP contribution in [0.3, 0.4) is 0 Å². The van der Waals surface area contributed by atoms with Gasteiger partial charge in [-0.05, 0) is 84.6 Å². The van der Waals surface area contributed by atoms with Crippen LogP contribution in [-0.2, 0) is 0 Å². The summed E-state index contributed by atoms with van der Waals surface area (Å²) in [6.45, 7) is 2.28. The molecule has 0 aliphatic heterocycles.